The SMILES string of the molecule is Cc1cc(C(=O)NC2CCNC(C)C2)ccc1Cl. The van der Waals surface area contributed by atoms with Crippen LogP contribution in [-0.2, 0) is 0 Å². The molecule has 2 unspecified atom stereocenters. The van der Waals surface area contributed by atoms with Crippen molar-refractivity contribution in [1.82, 2.24) is 10.6 Å². The minimum Gasteiger partial charge on any atom is -0.349 e. The summed E-state index contributed by atoms with van der Waals surface area (Å²) in [4.78, 5) is 12.1. The Morgan fingerprint density at radius 2 is 2.28 bits per heavy atom. The zero-order chi connectivity index (χ0) is 13.1. The van der Waals surface area contributed by atoms with Crippen molar-refractivity contribution < 1.29 is 4.79 Å². The number of carbonyl (C=O) groups is 1. The minimum atomic E-state index is -0.00568. The van der Waals surface area contributed by atoms with Gasteiger partial charge >= 0.3 is 0 Å². The maximum atomic E-state index is 12.1. The lowest BCUT2D eigenvalue weighted by Gasteiger charge is -2.28. The van der Waals surface area contributed by atoms with Crippen molar-refractivity contribution in [3.63, 3.8) is 0 Å². The third-order valence-electron chi connectivity index (χ3n) is 3.38. The second-order valence-corrected chi connectivity index (χ2v) is 5.42. The summed E-state index contributed by atoms with van der Waals surface area (Å²) in [6.07, 6.45) is 1.97. The molecule has 98 valence electrons. The first-order valence-corrected chi connectivity index (χ1v) is 6.74. The Bertz CT molecular complexity index is 447. The predicted molar refractivity (Wildman–Crippen MR) is 74.1 cm³/mol. The van der Waals surface area contributed by atoms with Gasteiger partial charge in [0.25, 0.3) is 5.91 Å². The molecule has 1 aromatic rings. The maximum absolute atomic E-state index is 12.1. The van der Waals surface area contributed by atoms with Crippen LogP contribution >= 0.6 is 11.6 Å². The van der Waals surface area contributed by atoms with Crippen molar-refractivity contribution in [2.24, 2.45) is 0 Å². The standard InChI is InChI=1S/C14H19ClN2O/c1-9-7-11(3-4-13(9)15)14(18)17-12-5-6-16-10(2)8-12/h3-4,7,10,12,16H,5-6,8H2,1-2H3,(H,17,18). The van der Waals surface area contributed by atoms with Gasteiger partial charge < -0.3 is 10.6 Å². The zero-order valence-electron chi connectivity index (χ0n) is 10.8. The third kappa shape index (κ3) is 3.24. The van der Waals surface area contributed by atoms with Crippen LogP contribution < -0.4 is 10.6 Å². The number of piperidine rings is 1. The summed E-state index contributed by atoms with van der Waals surface area (Å²) in [5, 5.41) is 7.16. The van der Waals surface area contributed by atoms with Crippen LogP contribution in [0, 0.1) is 6.92 Å². The number of carbonyl (C=O) groups excluding carboxylic acids is 1. The van der Waals surface area contributed by atoms with E-state index in [1.807, 2.05) is 13.0 Å². The van der Waals surface area contributed by atoms with Crippen LogP contribution in [0.3, 0.4) is 0 Å². The zero-order valence-corrected chi connectivity index (χ0v) is 11.6. The van der Waals surface area contributed by atoms with Gasteiger partial charge in [0.2, 0.25) is 0 Å². The van der Waals surface area contributed by atoms with Gasteiger partial charge in [-0.05, 0) is 57.0 Å². The van der Waals surface area contributed by atoms with Crippen molar-refractivity contribution in [1.29, 1.82) is 0 Å². The molecule has 0 bridgehead atoms. The highest BCUT2D eigenvalue weighted by atomic mass is 35.5. The number of benzene rings is 1. The van der Waals surface area contributed by atoms with Crippen LogP contribution in [0.2, 0.25) is 5.02 Å². The minimum absolute atomic E-state index is 0.00568. The van der Waals surface area contributed by atoms with E-state index in [1.54, 1.807) is 12.1 Å². The molecule has 2 N–H and O–H groups in total. The van der Waals surface area contributed by atoms with Gasteiger partial charge in [0.15, 0.2) is 0 Å². The van der Waals surface area contributed by atoms with Crippen LogP contribution in [0.4, 0.5) is 0 Å². The van der Waals surface area contributed by atoms with Gasteiger partial charge in [0.1, 0.15) is 0 Å². The summed E-state index contributed by atoms with van der Waals surface area (Å²) in [6.45, 7) is 5.02. The highest BCUT2D eigenvalue weighted by Gasteiger charge is 2.20. The van der Waals surface area contributed by atoms with Gasteiger partial charge in [0.05, 0.1) is 0 Å². The Labute approximate surface area is 113 Å². The topological polar surface area (TPSA) is 41.1 Å². The van der Waals surface area contributed by atoms with Gasteiger partial charge in [0, 0.05) is 22.7 Å². The molecule has 1 aliphatic heterocycles. The number of hydrogen-bond acceptors (Lipinski definition) is 2. The number of amides is 1. The highest BCUT2D eigenvalue weighted by Crippen LogP contribution is 2.17. The number of aryl methyl sites for hydroxylation is 1. The Hall–Kier alpha value is -1.06. The third-order valence-corrected chi connectivity index (χ3v) is 3.80. The Kier molecular flexibility index (Phi) is 4.25. The van der Waals surface area contributed by atoms with Crippen LogP contribution in [0.1, 0.15) is 35.7 Å². The van der Waals surface area contributed by atoms with Crippen molar-refractivity contribution in [3.8, 4) is 0 Å². The van der Waals surface area contributed by atoms with E-state index >= 15 is 0 Å². The monoisotopic (exact) mass is 266 g/mol. The molecule has 0 spiro atoms. The summed E-state index contributed by atoms with van der Waals surface area (Å²) in [7, 11) is 0. The fraction of sp³-hybridized carbons (Fsp3) is 0.500. The number of nitrogens with one attached hydrogen (secondary N) is 2. The van der Waals surface area contributed by atoms with Crippen LogP contribution in [0.5, 0.6) is 0 Å². The molecule has 0 aromatic heterocycles. The first kappa shape index (κ1) is 13.4. The van der Waals surface area contributed by atoms with Crippen molar-refractivity contribution >= 4 is 17.5 Å². The number of hydrogen-bond donors (Lipinski definition) is 2. The predicted octanol–water partition coefficient (Wildman–Crippen LogP) is 2.52. The van der Waals surface area contributed by atoms with Gasteiger partial charge in [-0.3, -0.25) is 4.79 Å². The molecular formula is C14H19ClN2O. The molecule has 0 radical (unpaired) electrons. The van der Waals surface area contributed by atoms with Gasteiger partial charge in [-0.1, -0.05) is 11.6 Å². The second-order valence-electron chi connectivity index (χ2n) is 5.01. The van der Waals surface area contributed by atoms with E-state index in [0.717, 1.165) is 24.9 Å². The lowest BCUT2D eigenvalue weighted by atomic mass is 10.00. The quantitative estimate of drug-likeness (QED) is 0.864. The molecule has 18 heavy (non-hydrogen) atoms. The molecule has 1 heterocycles. The van der Waals surface area contributed by atoms with Crippen LogP contribution in [0.25, 0.3) is 0 Å². The number of rotatable bonds is 2. The summed E-state index contributed by atoms with van der Waals surface area (Å²) in [5.74, 6) is -0.00568. The molecular weight excluding hydrogens is 248 g/mol. The molecule has 0 saturated carbocycles. The van der Waals surface area contributed by atoms with Gasteiger partial charge in [-0.25, -0.2) is 0 Å². The molecule has 2 rings (SSSR count). The van der Waals surface area contributed by atoms with E-state index in [4.69, 9.17) is 11.6 Å². The largest absolute Gasteiger partial charge is 0.349 e. The first-order chi connectivity index (χ1) is 8.56. The van der Waals surface area contributed by atoms with Crippen molar-refractivity contribution in [2.75, 3.05) is 6.54 Å². The van der Waals surface area contributed by atoms with Crippen LogP contribution in [0.15, 0.2) is 18.2 Å². The molecule has 1 aliphatic rings. The van der Waals surface area contributed by atoms with Crippen molar-refractivity contribution in [2.45, 2.75) is 38.8 Å². The van der Waals surface area contributed by atoms with E-state index in [9.17, 15) is 4.79 Å². The second kappa shape index (κ2) is 5.72. The lowest BCUT2D eigenvalue weighted by Crippen LogP contribution is -2.46. The molecule has 2 atom stereocenters. The first-order valence-electron chi connectivity index (χ1n) is 6.36. The molecule has 3 nitrogen and oxygen atoms in total. The van der Waals surface area contributed by atoms with E-state index in [1.165, 1.54) is 0 Å². The fourth-order valence-corrected chi connectivity index (χ4v) is 2.44. The summed E-state index contributed by atoms with van der Waals surface area (Å²) < 4.78 is 0. The lowest BCUT2D eigenvalue weighted by molar-refractivity contribution is 0.0925. The molecule has 4 heteroatoms. The van der Waals surface area contributed by atoms with Gasteiger partial charge in [-0.2, -0.15) is 0 Å². The molecule has 1 fully saturated rings. The highest BCUT2D eigenvalue weighted by molar-refractivity contribution is 6.31. The van der Waals surface area contributed by atoms with Gasteiger partial charge in [-0.15, -0.1) is 0 Å². The van der Waals surface area contributed by atoms with E-state index < -0.39 is 0 Å². The maximum Gasteiger partial charge on any atom is 0.251 e. The van der Waals surface area contributed by atoms with Crippen LogP contribution in [-0.4, -0.2) is 24.5 Å². The summed E-state index contributed by atoms with van der Waals surface area (Å²) in [6, 6.07) is 6.12. The molecule has 0 aliphatic carbocycles. The fourth-order valence-electron chi connectivity index (χ4n) is 2.32. The molecule has 1 amide bonds. The van der Waals surface area contributed by atoms with E-state index in [0.29, 0.717) is 16.6 Å². The Morgan fingerprint density at radius 1 is 1.50 bits per heavy atom. The molecule has 1 aromatic carbocycles. The van der Waals surface area contributed by atoms with E-state index in [-0.39, 0.29) is 11.9 Å². The average molecular weight is 267 g/mol. The summed E-state index contributed by atoms with van der Waals surface area (Å²) >= 11 is 5.96. The Balaban J connectivity index is 2.00. The van der Waals surface area contributed by atoms with Crippen molar-refractivity contribution in [3.05, 3.63) is 34.3 Å². The van der Waals surface area contributed by atoms with E-state index in [2.05, 4.69) is 17.6 Å². The summed E-state index contributed by atoms with van der Waals surface area (Å²) in [5.41, 5.74) is 1.62. The molecule has 1 saturated heterocycles. The normalized spacial score (nSPS) is 23.7. The number of halogens is 1. The Morgan fingerprint density at radius 3 is 2.94 bits per heavy atom. The average Bonchev–Trinajstić information content (AvgIpc) is 2.32. The smallest absolute Gasteiger partial charge is 0.251 e.